The van der Waals surface area contributed by atoms with Gasteiger partial charge in [-0.05, 0) is 23.8 Å². The smallest absolute Gasteiger partial charge is 0.167 e. The molecule has 0 atom stereocenters. The van der Waals surface area contributed by atoms with Crippen LogP contribution in [-0.4, -0.2) is 9.97 Å². The van der Waals surface area contributed by atoms with Crippen molar-refractivity contribution in [1.82, 2.24) is 9.97 Å². The molecule has 0 amide bonds. The summed E-state index contributed by atoms with van der Waals surface area (Å²) in [5.74, 6) is 0.150. The summed E-state index contributed by atoms with van der Waals surface area (Å²) in [6.07, 6.45) is 3.50. The van der Waals surface area contributed by atoms with Crippen LogP contribution in [0.5, 0.6) is 11.5 Å². The van der Waals surface area contributed by atoms with Gasteiger partial charge in [-0.3, -0.25) is 0 Å². The fourth-order valence-corrected chi connectivity index (χ4v) is 2.68. The summed E-state index contributed by atoms with van der Waals surface area (Å²) in [5.41, 5.74) is 8.60. The summed E-state index contributed by atoms with van der Waals surface area (Å²) in [5, 5.41) is 0.805. The number of halogens is 1. The molecule has 0 fully saturated rings. The number of ether oxygens (including phenoxy) is 1. The quantitative estimate of drug-likeness (QED) is 0.536. The Kier molecular flexibility index (Phi) is 3.39. The number of nitrogens with one attached hydrogen (secondary N) is 1. The highest BCUT2D eigenvalue weighted by atomic mass is 19.1. The van der Waals surface area contributed by atoms with Gasteiger partial charge in [-0.25, -0.2) is 9.37 Å². The Bertz CT molecular complexity index is 1010. The zero-order valence-electron chi connectivity index (χ0n) is 12.7. The molecule has 0 aliphatic carbocycles. The summed E-state index contributed by atoms with van der Waals surface area (Å²) in [4.78, 5) is 7.45. The number of hydrogen-bond acceptors (Lipinski definition) is 3. The first-order chi connectivity index (χ1) is 11.7. The van der Waals surface area contributed by atoms with Gasteiger partial charge in [-0.1, -0.05) is 30.3 Å². The van der Waals surface area contributed by atoms with E-state index in [2.05, 4.69) is 9.97 Å². The van der Waals surface area contributed by atoms with Crippen LogP contribution in [0.3, 0.4) is 0 Å². The number of fused-ring (bicyclic) bond motifs is 1. The molecule has 0 aliphatic rings. The van der Waals surface area contributed by atoms with E-state index in [1.807, 2.05) is 36.5 Å². The molecule has 2 aromatic carbocycles. The van der Waals surface area contributed by atoms with Gasteiger partial charge in [0.15, 0.2) is 11.6 Å². The van der Waals surface area contributed by atoms with Gasteiger partial charge >= 0.3 is 0 Å². The van der Waals surface area contributed by atoms with Crippen molar-refractivity contribution < 1.29 is 9.13 Å². The summed E-state index contributed by atoms with van der Waals surface area (Å²) in [6.45, 7) is 0. The van der Waals surface area contributed by atoms with Crippen molar-refractivity contribution in [3.8, 4) is 22.6 Å². The van der Waals surface area contributed by atoms with E-state index < -0.39 is 5.82 Å². The molecule has 4 nitrogen and oxygen atoms in total. The number of hydrogen-bond donors (Lipinski definition) is 2. The van der Waals surface area contributed by atoms with E-state index in [4.69, 9.17) is 10.5 Å². The lowest BCUT2D eigenvalue weighted by atomic mass is 10.1. The number of nitrogens with zero attached hydrogens (tertiary/aromatic N) is 1. The minimum Gasteiger partial charge on any atom is -0.453 e. The minimum absolute atomic E-state index is 0.122. The lowest BCUT2D eigenvalue weighted by Gasteiger charge is -2.09. The van der Waals surface area contributed by atoms with Crippen molar-refractivity contribution in [2.75, 3.05) is 5.73 Å². The number of nitrogens with two attached hydrogens (primary N) is 1. The Hall–Kier alpha value is -3.34. The molecule has 4 aromatic rings. The molecule has 0 spiro atoms. The van der Waals surface area contributed by atoms with Gasteiger partial charge in [-0.2, -0.15) is 0 Å². The number of nitrogen functional groups attached to an aromatic ring is 1. The number of H-pyrrole nitrogens is 1. The normalized spacial score (nSPS) is 10.9. The van der Waals surface area contributed by atoms with Crippen molar-refractivity contribution in [1.29, 1.82) is 0 Å². The van der Waals surface area contributed by atoms with Gasteiger partial charge < -0.3 is 15.5 Å². The summed E-state index contributed by atoms with van der Waals surface area (Å²) in [6, 6.07) is 16.0. The molecule has 2 heterocycles. The third-order valence-corrected chi connectivity index (χ3v) is 3.80. The van der Waals surface area contributed by atoms with Gasteiger partial charge in [0, 0.05) is 29.7 Å². The summed E-state index contributed by atoms with van der Waals surface area (Å²) in [7, 11) is 0. The van der Waals surface area contributed by atoms with Crippen LogP contribution in [0, 0.1) is 5.82 Å². The van der Waals surface area contributed by atoms with E-state index in [1.165, 1.54) is 12.1 Å². The molecule has 0 unspecified atom stereocenters. The van der Waals surface area contributed by atoms with Gasteiger partial charge in [0.25, 0.3) is 0 Å². The molecule has 0 saturated heterocycles. The van der Waals surface area contributed by atoms with Gasteiger partial charge in [0.2, 0.25) is 0 Å². The van der Waals surface area contributed by atoms with E-state index in [1.54, 1.807) is 18.3 Å². The largest absolute Gasteiger partial charge is 0.453 e. The first kappa shape index (κ1) is 14.3. The van der Waals surface area contributed by atoms with E-state index in [0.29, 0.717) is 17.1 Å². The molecule has 4 rings (SSSR count). The fraction of sp³-hybridized carbons (Fsp3) is 0. The number of pyridine rings is 1. The van der Waals surface area contributed by atoms with Gasteiger partial charge in [0.05, 0.1) is 5.39 Å². The predicted molar refractivity (Wildman–Crippen MR) is 92.4 cm³/mol. The second-order valence-electron chi connectivity index (χ2n) is 5.39. The van der Waals surface area contributed by atoms with Crippen LogP contribution in [0.1, 0.15) is 0 Å². The van der Waals surface area contributed by atoms with Crippen LogP contribution >= 0.6 is 0 Å². The van der Waals surface area contributed by atoms with Crippen LogP contribution in [0.15, 0.2) is 67.0 Å². The molecule has 3 N–H and O–H groups in total. The molecule has 0 saturated carbocycles. The fourth-order valence-electron chi connectivity index (χ4n) is 2.68. The highest BCUT2D eigenvalue weighted by Gasteiger charge is 2.14. The maximum atomic E-state index is 14.1. The van der Waals surface area contributed by atoms with Crippen LogP contribution in [0.25, 0.3) is 22.2 Å². The zero-order chi connectivity index (χ0) is 16.5. The molecule has 2 aromatic heterocycles. The summed E-state index contributed by atoms with van der Waals surface area (Å²) < 4.78 is 19.9. The number of benzene rings is 2. The van der Waals surface area contributed by atoms with E-state index >= 15 is 0 Å². The second-order valence-corrected chi connectivity index (χ2v) is 5.39. The summed E-state index contributed by atoms with van der Waals surface area (Å²) >= 11 is 0. The predicted octanol–water partition coefficient (Wildman–Crippen LogP) is 4.74. The van der Waals surface area contributed by atoms with E-state index in [0.717, 1.165) is 16.5 Å². The molecule has 0 bridgehead atoms. The molecular formula is C19H14FN3O. The van der Waals surface area contributed by atoms with Crippen molar-refractivity contribution in [2.24, 2.45) is 0 Å². The second kappa shape index (κ2) is 5.70. The standard InChI is InChI=1S/C19H14FN3O/c20-15-10-13(21)6-7-16(15)24-17-8-9-22-19-18(17)14(11-23-19)12-4-2-1-3-5-12/h1-11H,21H2,(H,22,23). The first-order valence-electron chi connectivity index (χ1n) is 7.47. The topological polar surface area (TPSA) is 63.9 Å². The van der Waals surface area contributed by atoms with Crippen molar-refractivity contribution >= 4 is 16.7 Å². The molecule has 118 valence electrons. The van der Waals surface area contributed by atoms with Crippen LogP contribution < -0.4 is 10.5 Å². The first-order valence-corrected chi connectivity index (χ1v) is 7.47. The third kappa shape index (κ3) is 2.46. The Morgan fingerprint density at radius 1 is 1.00 bits per heavy atom. The molecule has 5 heteroatoms. The van der Waals surface area contributed by atoms with E-state index in [9.17, 15) is 4.39 Å². The molecule has 0 radical (unpaired) electrons. The number of anilines is 1. The number of aromatic amines is 1. The zero-order valence-corrected chi connectivity index (χ0v) is 12.7. The average molecular weight is 319 g/mol. The highest BCUT2D eigenvalue weighted by Crippen LogP contribution is 2.37. The van der Waals surface area contributed by atoms with Crippen LogP contribution in [0.4, 0.5) is 10.1 Å². The minimum atomic E-state index is -0.503. The Morgan fingerprint density at radius 2 is 1.83 bits per heavy atom. The maximum Gasteiger partial charge on any atom is 0.167 e. The Morgan fingerprint density at radius 3 is 2.62 bits per heavy atom. The molecule has 0 aliphatic heterocycles. The van der Waals surface area contributed by atoms with Crippen molar-refractivity contribution in [3.63, 3.8) is 0 Å². The monoisotopic (exact) mass is 319 g/mol. The Labute approximate surface area is 137 Å². The van der Waals surface area contributed by atoms with Gasteiger partial charge in [0.1, 0.15) is 11.4 Å². The lowest BCUT2D eigenvalue weighted by Crippen LogP contribution is -1.92. The molecular weight excluding hydrogens is 305 g/mol. The average Bonchev–Trinajstić information content (AvgIpc) is 3.03. The van der Waals surface area contributed by atoms with Crippen molar-refractivity contribution in [2.45, 2.75) is 0 Å². The van der Waals surface area contributed by atoms with Gasteiger partial charge in [-0.15, -0.1) is 0 Å². The Balaban J connectivity index is 1.85. The molecule has 24 heavy (non-hydrogen) atoms. The van der Waals surface area contributed by atoms with Crippen molar-refractivity contribution in [3.05, 3.63) is 72.8 Å². The number of aromatic nitrogens is 2. The van der Waals surface area contributed by atoms with Crippen LogP contribution in [0.2, 0.25) is 0 Å². The lowest BCUT2D eigenvalue weighted by molar-refractivity contribution is 0.446. The third-order valence-electron chi connectivity index (χ3n) is 3.80. The highest BCUT2D eigenvalue weighted by molar-refractivity contribution is 5.98. The van der Waals surface area contributed by atoms with E-state index in [-0.39, 0.29) is 5.75 Å². The SMILES string of the molecule is Nc1ccc(Oc2ccnc3[nH]cc(-c4ccccc4)c23)c(F)c1. The van der Waals surface area contributed by atoms with Crippen LogP contribution in [-0.2, 0) is 0 Å². The maximum absolute atomic E-state index is 14.1. The number of rotatable bonds is 3.